The van der Waals surface area contributed by atoms with Gasteiger partial charge in [-0.1, -0.05) is 17.7 Å². The summed E-state index contributed by atoms with van der Waals surface area (Å²) in [6, 6.07) is 8.38. The van der Waals surface area contributed by atoms with Gasteiger partial charge in [-0.3, -0.25) is 0 Å². The van der Waals surface area contributed by atoms with Crippen LogP contribution in [-0.4, -0.2) is 4.98 Å². The number of halogens is 1. The molecule has 1 unspecified atom stereocenters. The lowest BCUT2D eigenvalue weighted by atomic mass is 10.1. The van der Waals surface area contributed by atoms with Crippen LogP contribution in [0.1, 0.15) is 29.2 Å². The summed E-state index contributed by atoms with van der Waals surface area (Å²) < 4.78 is 0. The van der Waals surface area contributed by atoms with Crippen molar-refractivity contribution in [2.75, 3.05) is 11.1 Å². The van der Waals surface area contributed by atoms with E-state index in [1.54, 1.807) is 6.20 Å². The molecule has 1 aliphatic carbocycles. The second-order valence-electron chi connectivity index (χ2n) is 4.99. The normalized spacial score (nSPS) is 17.3. The first-order valence-corrected chi connectivity index (χ1v) is 6.79. The molecule has 1 aromatic heterocycles. The van der Waals surface area contributed by atoms with E-state index in [9.17, 15) is 0 Å². The van der Waals surface area contributed by atoms with Crippen LogP contribution in [-0.2, 0) is 6.42 Å². The van der Waals surface area contributed by atoms with Gasteiger partial charge in [-0.05, 0) is 54.7 Å². The van der Waals surface area contributed by atoms with Crippen molar-refractivity contribution in [1.29, 1.82) is 0 Å². The molecule has 1 heterocycles. The maximum absolute atomic E-state index is 6.17. The average molecular weight is 274 g/mol. The molecule has 4 heteroatoms. The Kier molecular flexibility index (Phi) is 3.07. The van der Waals surface area contributed by atoms with E-state index in [2.05, 4.69) is 22.4 Å². The molecule has 3 rings (SSSR count). The molecule has 0 bridgehead atoms. The van der Waals surface area contributed by atoms with Crippen LogP contribution in [0.5, 0.6) is 0 Å². The van der Waals surface area contributed by atoms with Crippen LogP contribution in [0, 0.1) is 6.92 Å². The number of rotatable bonds is 2. The van der Waals surface area contributed by atoms with Gasteiger partial charge in [0.05, 0.1) is 11.7 Å². The molecule has 19 heavy (non-hydrogen) atoms. The SMILES string of the molecule is Cc1ccnc(Cl)c1NC1CCc2cc(N)ccc21. The standard InChI is InChI=1S/C15H16ClN3/c1-9-6-7-18-15(16)14(9)19-13-5-2-10-8-11(17)3-4-12(10)13/h3-4,6-8,13,19H,2,5,17H2,1H3. The zero-order valence-electron chi connectivity index (χ0n) is 10.8. The molecule has 3 nitrogen and oxygen atoms in total. The van der Waals surface area contributed by atoms with E-state index in [0.29, 0.717) is 5.15 Å². The summed E-state index contributed by atoms with van der Waals surface area (Å²) in [5.41, 5.74) is 11.3. The predicted octanol–water partition coefficient (Wildman–Crippen LogP) is 3.73. The highest BCUT2D eigenvalue weighted by atomic mass is 35.5. The fourth-order valence-electron chi connectivity index (χ4n) is 2.66. The van der Waals surface area contributed by atoms with E-state index in [0.717, 1.165) is 29.8 Å². The Morgan fingerprint density at radius 2 is 2.21 bits per heavy atom. The number of hydrogen-bond donors (Lipinski definition) is 2. The van der Waals surface area contributed by atoms with Crippen molar-refractivity contribution in [3.05, 3.63) is 52.3 Å². The molecule has 1 aliphatic rings. The quantitative estimate of drug-likeness (QED) is 0.648. The summed E-state index contributed by atoms with van der Waals surface area (Å²) in [5, 5.41) is 4.05. The number of nitrogens with one attached hydrogen (secondary N) is 1. The first-order valence-electron chi connectivity index (χ1n) is 6.41. The fourth-order valence-corrected chi connectivity index (χ4v) is 2.92. The molecule has 1 aromatic carbocycles. The Morgan fingerprint density at radius 1 is 1.37 bits per heavy atom. The van der Waals surface area contributed by atoms with Crippen LogP contribution in [0.4, 0.5) is 11.4 Å². The van der Waals surface area contributed by atoms with Crippen LogP contribution in [0.15, 0.2) is 30.5 Å². The number of nitrogens with two attached hydrogens (primary N) is 1. The van der Waals surface area contributed by atoms with Gasteiger partial charge in [-0.15, -0.1) is 0 Å². The molecule has 0 amide bonds. The van der Waals surface area contributed by atoms with Gasteiger partial charge in [0, 0.05) is 11.9 Å². The van der Waals surface area contributed by atoms with Crippen LogP contribution in [0.25, 0.3) is 0 Å². The molecule has 0 aliphatic heterocycles. The number of nitrogens with zero attached hydrogens (tertiary/aromatic N) is 1. The van der Waals surface area contributed by atoms with Crippen LogP contribution < -0.4 is 11.1 Å². The smallest absolute Gasteiger partial charge is 0.152 e. The molecule has 98 valence electrons. The minimum absolute atomic E-state index is 0.288. The van der Waals surface area contributed by atoms with E-state index in [-0.39, 0.29) is 6.04 Å². The number of aromatic nitrogens is 1. The topological polar surface area (TPSA) is 50.9 Å². The number of anilines is 2. The van der Waals surface area contributed by atoms with Crippen LogP contribution in [0.3, 0.4) is 0 Å². The lowest BCUT2D eigenvalue weighted by Crippen LogP contribution is -2.09. The Morgan fingerprint density at radius 3 is 3.00 bits per heavy atom. The maximum Gasteiger partial charge on any atom is 0.152 e. The number of pyridine rings is 1. The van der Waals surface area contributed by atoms with Crippen molar-refractivity contribution < 1.29 is 0 Å². The van der Waals surface area contributed by atoms with Gasteiger partial charge in [0.1, 0.15) is 0 Å². The summed E-state index contributed by atoms with van der Waals surface area (Å²) >= 11 is 6.17. The van der Waals surface area contributed by atoms with E-state index < -0.39 is 0 Å². The number of nitrogen functional groups attached to an aromatic ring is 1. The molecular formula is C15H16ClN3. The maximum atomic E-state index is 6.17. The summed E-state index contributed by atoms with van der Waals surface area (Å²) in [7, 11) is 0. The largest absolute Gasteiger partial charge is 0.399 e. The number of aryl methyl sites for hydroxylation is 2. The molecule has 0 saturated heterocycles. The Labute approximate surface area is 117 Å². The number of fused-ring (bicyclic) bond motifs is 1. The van der Waals surface area contributed by atoms with E-state index in [4.69, 9.17) is 17.3 Å². The second kappa shape index (κ2) is 4.74. The Balaban J connectivity index is 1.91. The van der Waals surface area contributed by atoms with Crippen LogP contribution in [0.2, 0.25) is 5.15 Å². The van der Waals surface area contributed by atoms with Crippen molar-refractivity contribution >= 4 is 23.0 Å². The number of benzene rings is 1. The van der Waals surface area contributed by atoms with Crippen molar-refractivity contribution in [3.8, 4) is 0 Å². The molecule has 0 radical (unpaired) electrons. The molecule has 2 aromatic rings. The van der Waals surface area contributed by atoms with Crippen molar-refractivity contribution in [1.82, 2.24) is 4.98 Å². The van der Waals surface area contributed by atoms with E-state index in [1.807, 2.05) is 19.1 Å². The number of hydrogen-bond acceptors (Lipinski definition) is 3. The zero-order chi connectivity index (χ0) is 13.4. The lowest BCUT2D eigenvalue weighted by Gasteiger charge is -2.18. The van der Waals surface area contributed by atoms with Gasteiger partial charge in [-0.2, -0.15) is 0 Å². The van der Waals surface area contributed by atoms with Crippen LogP contribution >= 0.6 is 11.6 Å². The van der Waals surface area contributed by atoms with Gasteiger partial charge >= 0.3 is 0 Å². The molecule has 0 fully saturated rings. The van der Waals surface area contributed by atoms with Gasteiger partial charge in [0.15, 0.2) is 5.15 Å². The summed E-state index contributed by atoms with van der Waals surface area (Å²) in [6.45, 7) is 2.04. The van der Waals surface area contributed by atoms with Gasteiger partial charge < -0.3 is 11.1 Å². The predicted molar refractivity (Wildman–Crippen MR) is 79.5 cm³/mol. The highest BCUT2D eigenvalue weighted by Gasteiger charge is 2.23. The fraction of sp³-hybridized carbons (Fsp3) is 0.267. The minimum atomic E-state index is 0.288. The van der Waals surface area contributed by atoms with Crippen molar-refractivity contribution in [2.24, 2.45) is 0 Å². The molecule has 0 spiro atoms. The summed E-state index contributed by atoms with van der Waals surface area (Å²) in [6.07, 6.45) is 3.84. The third kappa shape index (κ3) is 2.26. The van der Waals surface area contributed by atoms with Gasteiger partial charge in [0.2, 0.25) is 0 Å². The van der Waals surface area contributed by atoms with E-state index in [1.165, 1.54) is 11.1 Å². The average Bonchev–Trinajstić information content (AvgIpc) is 2.76. The minimum Gasteiger partial charge on any atom is -0.399 e. The Bertz CT molecular complexity index is 605. The highest BCUT2D eigenvalue weighted by Crippen LogP contribution is 2.36. The molecular weight excluding hydrogens is 258 g/mol. The second-order valence-corrected chi connectivity index (χ2v) is 5.35. The molecule has 3 N–H and O–H groups in total. The van der Waals surface area contributed by atoms with Gasteiger partial charge in [-0.25, -0.2) is 4.98 Å². The van der Waals surface area contributed by atoms with E-state index >= 15 is 0 Å². The van der Waals surface area contributed by atoms with Crippen molar-refractivity contribution in [2.45, 2.75) is 25.8 Å². The highest BCUT2D eigenvalue weighted by molar-refractivity contribution is 6.32. The third-order valence-corrected chi connectivity index (χ3v) is 3.96. The third-order valence-electron chi connectivity index (χ3n) is 3.68. The zero-order valence-corrected chi connectivity index (χ0v) is 11.5. The first kappa shape index (κ1) is 12.3. The van der Waals surface area contributed by atoms with Crippen molar-refractivity contribution in [3.63, 3.8) is 0 Å². The van der Waals surface area contributed by atoms with Gasteiger partial charge in [0.25, 0.3) is 0 Å². The Hall–Kier alpha value is -1.74. The summed E-state index contributed by atoms with van der Waals surface area (Å²) in [4.78, 5) is 4.14. The molecule has 1 atom stereocenters. The lowest BCUT2D eigenvalue weighted by molar-refractivity contribution is 0.760. The monoisotopic (exact) mass is 273 g/mol. The molecule has 0 saturated carbocycles. The first-order chi connectivity index (χ1) is 9.15. The summed E-state index contributed by atoms with van der Waals surface area (Å²) in [5.74, 6) is 0.